The molecule has 152 valence electrons. The number of ether oxygens (including phenoxy) is 1. The maximum Gasteiger partial charge on any atom is 0.284 e. The van der Waals surface area contributed by atoms with Gasteiger partial charge in [-0.1, -0.05) is 18.2 Å². The SMILES string of the molecule is CCO[P@@](=O)(c1ccccc1)c1nc(-c2ccc(F)cc2)oc1N1CCOCC1. The lowest BCUT2D eigenvalue weighted by molar-refractivity contribution is 0.121. The summed E-state index contributed by atoms with van der Waals surface area (Å²) in [5.74, 6) is 0.337. The van der Waals surface area contributed by atoms with Crippen LogP contribution in [-0.4, -0.2) is 37.9 Å². The molecule has 1 fully saturated rings. The average Bonchev–Trinajstić information content (AvgIpc) is 3.22. The molecule has 0 spiro atoms. The minimum absolute atomic E-state index is 0.257. The molecular formula is C21H22FN2O4P. The minimum Gasteiger partial charge on any atom is -0.420 e. The van der Waals surface area contributed by atoms with Crippen molar-refractivity contribution in [3.05, 3.63) is 60.4 Å². The molecule has 2 aromatic carbocycles. The highest BCUT2D eigenvalue weighted by molar-refractivity contribution is 7.74. The highest BCUT2D eigenvalue weighted by Gasteiger charge is 2.38. The number of oxazole rings is 1. The number of aromatic nitrogens is 1. The molecule has 1 aliphatic rings. The number of anilines is 1. The Balaban J connectivity index is 1.87. The summed E-state index contributed by atoms with van der Waals surface area (Å²) in [6.45, 7) is 4.31. The van der Waals surface area contributed by atoms with Gasteiger partial charge >= 0.3 is 0 Å². The van der Waals surface area contributed by atoms with Crippen molar-refractivity contribution < 1.29 is 22.6 Å². The molecule has 0 N–H and O–H groups in total. The molecule has 0 aliphatic carbocycles. The fraction of sp³-hybridized carbons (Fsp3) is 0.286. The van der Waals surface area contributed by atoms with Gasteiger partial charge in [-0.2, -0.15) is 0 Å². The zero-order valence-corrected chi connectivity index (χ0v) is 17.0. The Morgan fingerprint density at radius 1 is 1.10 bits per heavy atom. The van der Waals surface area contributed by atoms with Crippen molar-refractivity contribution in [2.45, 2.75) is 6.92 Å². The monoisotopic (exact) mass is 416 g/mol. The third kappa shape index (κ3) is 3.99. The smallest absolute Gasteiger partial charge is 0.284 e. The Hall–Kier alpha value is -2.47. The molecular weight excluding hydrogens is 394 g/mol. The lowest BCUT2D eigenvalue weighted by Crippen LogP contribution is -2.39. The lowest BCUT2D eigenvalue weighted by Gasteiger charge is -2.28. The zero-order chi connectivity index (χ0) is 20.3. The van der Waals surface area contributed by atoms with Crippen LogP contribution in [0.4, 0.5) is 10.3 Å². The molecule has 2 heterocycles. The van der Waals surface area contributed by atoms with Crippen LogP contribution < -0.4 is 15.6 Å². The second kappa shape index (κ2) is 8.49. The van der Waals surface area contributed by atoms with Crippen LogP contribution in [0.25, 0.3) is 11.5 Å². The number of morpholine rings is 1. The fourth-order valence-electron chi connectivity index (χ4n) is 3.25. The number of rotatable bonds is 6. The van der Waals surface area contributed by atoms with Crippen LogP contribution in [0.5, 0.6) is 0 Å². The second-order valence-electron chi connectivity index (χ2n) is 6.56. The largest absolute Gasteiger partial charge is 0.420 e. The summed E-state index contributed by atoms with van der Waals surface area (Å²) in [6, 6.07) is 14.9. The van der Waals surface area contributed by atoms with E-state index in [4.69, 9.17) is 13.7 Å². The Bertz CT molecular complexity index is 1000. The molecule has 8 heteroatoms. The number of hydrogen-bond acceptors (Lipinski definition) is 6. The lowest BCUT2D eigenvalue weighted by atomic mass is 10.2. The number of benzene rings is 2. The Morgan fingerprint density at radius 3 is 2.45 bits per heavy atom. The highest BCUT2D eigenvalue weighted by Crippen LogP contribution is 2.47. The van der Waals surface area contributed by atoms with E-state index in [2.05, 4.69) is 4.98 Å². The molecule has 4 rings (SSSR count). The first-order chi connectivity index (χ1) is 14.1. The van der Waals surface area contributed by atoms with Gasteiger partial charge in [0.25, 0.3) is 7.37 Å². The highest BCUT2D eigenvalue weighted by atomic mass is 31.2. The van der Waals surface area contributed by atoms with E-state index in [-0.39, 0.29) is 23.7 Å². The van der Waals surface area contributed by atoms with Gasteiger partial charge in [0, 0.05) is 24.0 Å². The van der Waals surface area contributed by atoms with Crippen molar-refractivity contribution in [3.8, 4) is 11.5 Å². The first-order valence-electron chi connectivity index (χ1n) is 9.52. The van der Waals surface area contributed by atoms with Gasteiger partial charge < -0.3 is 18.6 Å². The van der Waals surface area contributed by atoms with E-state index in [0.29, 0.717) is 43.1 Å². The summed E-state index contributed by atoms with van der Waals surface area (Å²) >= 11 is 0. The van der Waals surface area contributed by atoms with Crippen LogP contribution in [0.2, 0.25) is 0 Å². The van der Waals surface area contributed by atoms with E-state index in [0.717, 1.165) is 0 Å². The molecule has 0 unspecified atom stereocenters. The Morgan fingerprint density at radius 2 is 1.79 bits per heavy atom. The molecule has 1 saturated heterocycles. The van der Waals surface area contributed by atoms with Gasteiger partial charge in [-0.05, 0) is 43.3 Å². The first-order valence-corrected chi connectivity index (χ1v) is 11.1. The fourth-order valence-corrected chi connectivity index (χ4v) is 5.35. The van der Waals surface area contributed by atoms with Gasteiger partial charge in [-0.25, -0.2) is 9.37 Å². The molecule has 0 amide bonds. The zero-order valence-electron chi connectivity index (χ0n) is 16.1. The minimum atomic E-state index is -3.50. The normalized spacial score (nSPS) is 16.6. The van der Waals surface area contributed by atoms with Gasteiger partial charge in [0.15, 0.2) is 5.44 Å². The summed E-state index contributed by atoms with van der Waals surface area (Å²) in [5.41, 5.74) is 0.870. The molecule has 1 aliphatic heterocycles. The van der Waals surface area contributed by atoms with Crippen molar-refractivity contribution in [2.75, 3.05) is 37.8 Å². The van der Waals surface area contributed by atoms with E-state index >= 15 is 0 Å². The Kier molecular flexibility index (Phi) is 5.81. The standard InChI is InChI=1S/C21H22FN2O4P/c1-2-27-29(25,18-6-4-3-5-7-18)20-21(24-12-14-26-15-13-24)28-19(23-20)16-8-10-17(22)11-9-16/h3-11H,2,12-15H2,1H3/t29-/m0/s1. The Labute approximate surface area is 168 Å². The molecule has 0 saturated carbocycles. The summed E-state index contributed by atoms with van der Waals surface area (Å²) < 4.78 is 44.8. The van der Waals surface area contributed by atoms with Crippen molar-refractivity contribution in [3.63, 3.8) is 0 Å². The van der Waals surface area contributed by atoms with E-state index in [9.17, 15) is 8.96 Å². The van der Waals surface area contributed by atoms with Crippen molar-refractivity contribution in [1.82, 2.24) is 4.98 Å². The summed E-state index contributed by atoms with van der Waals surface area (Å²) in [7, 11) is -3.50. The quantitative estimate of drug-likeness (QED) is 0.573. The van der Waals surface area contributed by atoms with Gasteiger partial charge in [0.05, 0.1) is 19.8 Å². The van der Waals surface area contributed by atoms with Crippen LogP contribution in [0.1, 0.15) is 6.92 Å². The van der Waals surface area contributed by atoms with Gasteiger partial charge in [-0.15, -0.1) is 0 Å². The van der Waals surface area contributed by atoms with Crippen LogP contribution in [0.3, 0.4) is 0 Å². The van der Waals surface area contributed by atoms with E-state index < -0.39 is 7.37 Å². The maximum absolute atomic E-state index is 14.1. The maximum atomic E-state index is 14.1. The molecule has 0 radical (unpaired) electrons. The molecule has 0 bridgehead atoms. The van der Waals surface area contributed by atoms with Crippen LogP contribution in [0, 0.1) is 5.82 Å². The number of hydrogen-bond donors (Lipinski definition) is 0. The third-order valence-electron chi connectivity index (χ3n) is 4.67. The summed E-state index contributed by atoms with van der Waals surface area (Å²) in [4.78, 5) is 6.56. The van der Waals surface area contributed by atoms with Crippen LogP contribution >= 0.6 is 7.37 Å². The number of nitrogens with zero attached hydrogens (tertiary/aromatic N) is 2. The first kappa shape index (κ1) is 19.8. The molecule has 1 atom stereocenters. The van der Waals surface area contributed by atoms with E-state index in [1.54, 1.807) is 31.2 Å². The third-order valence-corrected chi connectivity index (χ3v) is 7.12. The number of halogens is 1. The van der Waals surface area contributed by atoms with Crippen LogP contribution in [0.15, 0.2) is 59.0 Å². The molecule has 6 nitrogen and oxygen atoms in total. The molecule has 3 aromatic rings. The predicted octanol–water partition coefficient (Wildman–Crippen LogP) is 3.58. The van der Waals surface area contributed by atoms with Gasteiger partial charge in [0.1, 0.15) is 5.82 Å². The van der Waals surface area contributed by atoms with Crippen molar-refractivity contribution >= 4 is 24.0 Å². The molecule has 29 heavy (non-hydrogen) atoms. The average molecular weight is 416 g/mol. The second-order valence-corrected chi connectivity index (χ2v) is 8.86. The summed E-state index contributed by atoms with van der Waals surface area (Å²) in [5, 5.41) is 0.551. The van der Waals surface area contributed by atoms with Gasteiger partial charge in [-0.3, -0.25) is 4.57 Å². The predicted molar refractivity (Wildman–Crippen MR) is 110 cm³/mol. The topological polar surface area (TPSA) is 64.8 Å². The van der Waals surface area contributed by atoms with Gasteiger partial charge in [0.2, 0.25) is 11.8 Å². The van der Waals surface area contributed by atoms with Crippen molar-refractivity contribution in [2.24, 2.45) is 0 Å². The van der Waals surface area contributed by atoms with E-state index in [1.807, 2.05) is 23.1 Å². The van der Waals surface area contributed by atoms with Crippen LogP contribution in [-0.2, 0) is 13.8 Å². The summed E-state index contributed by atoms with van der Waals surface area (Å²) in [6.07, 6.45) is 0. The van der Waals surface area contributed by atoms with E-state index in [1.165, 1.54) is 12.1 Å². The molecule has 1 aromatic heterocycles. The van der Waals surface area contributed by atoms with Crippen molar-refractivity contribution in [1.29, 1.82) is 0 Å².